The second-order valence-corrected chi connectivity index (χ2v) is 10.4. The van der Waals surface area contributed by atoms with E-state index in [0.29, 0.717) is 45.2 Å². The quantitative estimate of drug-likeness (QED) is 0.211. The van der Waals surface area contributed by atoms with Gasteiger partial charge in [0.2, 0.25) is 0 Å². The van der Waals surface area contributed by atoms with E-state index >= 15 is 0 Å². The van der Waals surface area contributed by atoms with Gasteiger partial charge in [-0.15, -0.1) is 0 Å². The molecule has 3 aromatic heterocycles. The predicted molar refractivity (Wildman–Crippen MR) is 176 cm³/mol. The van der Waals surface area contributed by atoms with Gasteiger partial charge < -0.3 is 8.83 Å². The van der Waals surface area contributed by atoms with E-state index in [-0.39, 0.29) is 17.6 Å². The van der Waals surface area contributed by atoms with Crippen molar-refractivity contribution >= 4 is 43.9 Å². The summed E-state index contributed by atoms with van der Waals surface area (Å²) in [4.78, 5) is 14.9. The molecule has 5 heteroatoms. The first kappa shape index (κ1) is 19.9. The third kappa shape index (κ3) is 3.91. The van der Waals surface area contributed by atoms with Gasteiger partial charge in [-0.2, -0.15) is 0 Å². The Bertz CT molecular complexity index is 2760. The summed E-state index contributed by atoms with van der Waals surface area (Å²) in [5.41, 5.74) is 5.23. The number of hydrogen-bond donors (Lipinski definition) is 0. The van der Waals surface area contributed by atoms with Gasteiger partial charge in [0.25, 0.3) is 0 Å². The number of fused-ring (bicyclic) bond motifs is 6. The standard InChI is InChI=1S/C39H23N3O2/c1-3-11-24(12-4-1)27-16-9-17-30-35-31(18-10-20-33(35)44-36(27)30)39-41-37(25-13-5-2-6-14-25)40-38(42-39)26-21-22-29-28-15-7-8-19-32(28)43-34(29)23-26/h1-23H/i1D,3D,4D,11D,12D. The van der Waals surface area contributed by atoms with Gasteiger partial charge in [0.05, 0.1) is 6.85 Å². The van der Waals surface area contributed by atoms with Crippen LogP contribution >= 0.6 is 0 Å². The van der Waals surface area contributed by atoms with E-state index in [1.165, 1.54) is 0 Å². The first-order valence-electron chi connectivity index (χ1n) is 16.6. The van der Waals surface area contributed by atoms with Crippen molar-refractivity contribution in [2.75, 3.05) is 0 Å². The van der Waals surface area contributed by atoms with Crippen LogP contribution in [0.4, 0.5) is 0 Å². The third-order valence-electron chi connectivity index (χ3n) is 7.84. The Hall–Kier alpha value is -6.07. The summed E-state index contributed by atoms with van der Waals surface area (Å²) in [7, 11) is 0. The van der Waals surface area contributed by atoms with E-state index in [1.807, 2.05) is 97.1 Å². The van der Waals surface area contributed by atoms with Crippen molar-refractivity contribution in [3.63, 3.8) is 0 Å². The van der Waals surface area contributed by atoms with Crippen LogP contribution in [0.2, 0.25) is 0 Å². The Morgan fingerprint density at radius 3 is 2.02 bits per heavy atom. The van der Waals surface area contributed by atoms with Gasteiger partial charge in [0.1, 0.15) is 22.3 Å². The molecule has 0 N–H and O–H groups in total. The molecule has 0 aliphatic heterocycles. The van der Waals surface area contributed by atoms with E-state index in [4.69, 9.17) is 30.6 Å². The Morgan fingerprint density at radius 2 is 1.14 bits per heavy atom. The van der Waals surface area contributed by atoms with Crippen LogP contribution in [0.3, 0.4) is 0 Å². The minimum atomic E-state index is -0.447. The lowest BCUT2D eigenvalue weighted by Crippen LogP contribution is -2.00. The minimum Gasteiger partial charge on any atom is -0.456 e. The first-order valence-corrected chi connectivity index (χ1v) is 14.1. The zero-order chi connectivity index (χ0) is 33.4. The Labute approximate surface area is 259 Å². The number of benzene rings is 6. The summed E-state index contributed by atoms with van der Waals surface area (Å²) in [6.07, 6.45) is 0. The molecule has 0 atom stereocenters. The van der Waals surface area contributed by atoms with Gasteiger partial charge in [0.15, 0.2) is 17.5 Å². The number of rotatable bonds is 4. The molecular formula is C39H23N3O2. The van der Waals surface area contributed by atoms with Crippen LogP contribution in [0.1, 0.15) is 6.85 Å². The molecule has 5 nitrogen and oxygen atoms in total. The van der Waals surface area contributed by atoms with Crippen molar-refractivity contribution in [3.05, 3.63) is 139 Å². The maximum atomic E-state index is 8.60. The summed E-state index contributed by atoms with van der Waals surface area (Å²) in [6.45, 7) is 0. The van der Waals surface area contributed by atoms with Gasteiger partial charge in [0, 0.05) is 43.8 Å². The molecule has 9 aromatic rings. The highest BCUT2D eigenvalue weighted by Crippen LogP contribution is 2.40. The van der Waals surface area contributed by atoms with Crippen molar-refractivity contribution in [2.45, 2.75) is 0 Å². The largest absolute Gasteiger partial charge is 0.456 e. The van der Waals surface area contributed by atoms with Crippen LogP contribution in [0.5, 0.6) is 0 Å². The molecule has 0 spiro atoms. The lowest BCUT2D eigenvalue weighted by atomic mass is 10.0. The molecule has 9 rings (SSSR count). The Balaban J connectivity index is 1.28. The van der Waals surface area contributed by atoms with E-state index < -0.39 is 18.1 Å². The third-order valence-corrected chi connectivity index (χ3v) is 7.84. The molecule has 206 valence electrons. The molecule has 6 aromatic carbocycles. The average molecular weight is 571 g/mol. The summed E-state index contributed by atoms with van der Waals surface area (Å²) >= 11 is 0. The normalized spacial score (nSPS) is 13.2. The SMILES string of the molecule is [2H]c1c([2H])c([2H])c(-c2cccc3c2oc2cccc(-c4nc(-c5ccccc5)nc(-c5ccc6c(c5)oc5ccccc56)n4)c23)c([2H])c1[2H]. The molecule has 0 saturated carbocycles. The highest BCUT2D eigenvalue weighted by atomic mass is 16.3. The van der Waals surface area contributed by atoms with Gasteiger partial charge in [-0.3, -0.25) is 0 Å². The second kappa shape index (κ2) is 9.75. The summed E-state index contributed by atoms with van der Waals surface area (Å²) < 4.78 is 54.3. The molecule has 0 radical (unpaired) electrons. The molecule has 0 amide bonds. The molecule has 0 aliphatic carbocycles. The van der Waals surface area contributed by atoms with Crippen LogP contribution in [0.25, 0.3) is 89.2 Å². The molecule has 0 saturated heterocycles. The Kier molecular flexibility index (Phi) is 4.42. The molecule has 44 heavy (non-hydrogen) atoms. The van der Waals surface area contributed by atoms with Crippen molar-refractivity contribution in [1.82, 2.24) is 15.0 Å². The fourth-order valence-corrected chi connectivity index (χ4v) is 5.82. The second-order valence-electron chi connectivity index (χ2n) is 10.4. The summed E-state index contributed by atoms with van der Waals surface area (Å²) in [5.74, 6) is 1.39. The smallest absolute Gasteiger partial charge is 0.164 e. The number of para-hydroxylation sites is 2. The minimum absolute atomic E-state index is 0.0759. The van der Waals surface area contributed by atoms with Crippen LogP contribution in [-0.2, 0) is 0 Å². The lowest BCUT2D eigenvalue weighted by Gasteiger charge is -2.09. The maximum Gasteiger partial charge on any atom is 0.164 e. The molecule has 0 aliphatic rings. The van der Waals surface area contributed by atoms with E-state index in [9.17, 15) is 0 Å². The molecule has 0 bridgehead atoms. The number of furan rings is 2. The lowest BCUT2D eigenvalue weighted by molar-refractivity contribution is 0.669. The summed E-state index contributed by atoms with van der Waals surface area (Å²) in [5, 5.41) is 3.46. The van der Waals surface area contributed by atoms with E-state index in [0.717, 1.165) is 38.5 Å². The average Bonchev–Trinajstić information content (AvgIpc) is 3.72. The van der Waals surface area contributed by atoms with Crippen LogP contribution in [0, 0.1) is 0 Å². The van der Waals surface area contributed by atoms with Crippen LogP contribution in [0.15, 0.2) is 148 Å². The van der Waals surface area contributed by atoms with Crippen molar-refractivity contribution in [1.29, 1.82) is 0 Å². The molecule has 0 unspecified atom stereocenters. The fraction of sp³-hybridized carbons (Fsp3) is 0. The van der Waals surface area contributed by atoms with Gasteiger partial charge in [-0.25, -0.2) is 15.0 Å². The zero-order valence-electron chi connectivity index (χ0n) is 28.1. The number of nitrogens with zero attached hydrogens (tertiary/aromatic N) is 3. The van der Waals surface area contributed by atoms with Crippen LogP contribution in [-0.4, -0.2) is 15.0 Å². The number of aromatic nitrogens is 3. The summed E-state index contributed by atoms with van der Waals surface area (Å²) in [6, 6.07) is 32.7. The van der Waals surface area contributed by atoms with Crippen molar-refractivity contribution in [3.8, 4) is 45.3 Å². The van der Waals surface area contributed by atoms with E-state index in [2.05, 4.69) is 0 Å². The van der Waals surface area contributed by atoms with Gasteiger partial charge >= 0.3 is 0 Å². The first-order chi connectivity index (χ1) is 23.9. The zero-order valence-corrected chi connectivity index (χ0v) is 23.1. The topological polar surface area (TPSA) is 65.0 Å². The molecule has 3 heterocycles. The predicted octanol–water partition coefficient (Wildman–Crippen LogP) is 10.3. The maximum absolute atomic E-state index is 8.60. The Morgan fingerprint density at radius 1 is 0.455 bits per heavy atom. The van der Waals surface area contributed by atoms with Gasteiger partial charge in [-0.1, -0.05) is 115 Å². The monoisotopic (exact) mass is 570 g/mol. The van der Waals surface area contributed by atoms with Crippen molar-refractivity contribution in [2.24, 2.45) is 0 Å². The highest BCUT2D eigenvalue weighted by molar-refractivity contribution is 6.15. The van der Waals surface area contributed by atoms with E-state index in [1.54, 1.807) is 12.1 Å². The van der Waals surface area contributed by atoms with Gasteiger partial charge in [-0.05, 0) is 29.8 Å². The number of hydrogen-bond acceptors (Lipinski definition) is 5. The van der Waals surface area contributed by atoms with Crippen molar-refractivity contribution < 1.29 is 15.7 Å². The molecule has 0 fully saturated rings. The molecular weight excluding hydrogens is 542 g/mol. The fourth-order valence-electron chi connectivity index (χ4n) is 5.82. The highest BCUT2D eigenvalue weighted by Gasteiger charge is 2.20. The van der Waals surface area contributed by atoms with Crippen LogP contribution < -0.4 is 0 Å².